The lowest BCUT2D eigenvalue weighted by atomic mass is 10.1. The van der Waals surface area contributed by atoms with Gasteiger partial charge in [-0.2, -0.15) is 0 Å². The van der Waals surface area contributed by atoms with E-state index in [0.717, 1.165) is 5.56 Å². The first-order chi connectivity index (χ1) is 6.03. The Kier molecular flexibility index (Phi) is 2.49. The predicted octanol–water partition coefficient (Wildman–Crippen LogP) is 2.07. The summed E-state index contributed by atoms with van der Waals surface area (Å²) >= 11 is 0. The van der Waals surface area contributed by atoms with Crippen LogP contribution in [0.3, 0.4) is 0 Å². The van der Waals surface area contributed by atoms with Crippen LogP contribution in [0.1, 0.15) is 12.5 Å². The summed E-state index contributed by atoms with van der Waals surface area (Å²) in [7, 11) is 0. The molecule has 0 heterocycles. The highest BCUT2D eigenvalue weighted by atomic mass is 19.1. The first kappa shape index (κ1) is 7.47. The van der Waals surface area contributed by atoms with Crippen LogP contribution in [-0.4, -0.2) is 12.4 Å². The van der Waals surface area contributed by atoms with E-state index in [2.05, 4.69) is 0 Å². The molecule has 0 amide bonds. The lowest BCUT2D eigenvalue weighted by Crippen LogP contribution is -2.05. The Hall–Kier alpha value is -1.18. The predicted molar refractivity (Wildman–Crippen MR) is 45.8 cm³/mol. The van der Waals surface area contributed by atoms with Gasteiger partial charge in [-0.05, 0) is 12.5 Å². The number of benzene rings is 1. The molecule has 1 nitrogen and oxygen atoms in total. The van der Waals surface area contributed by atoms with E-state index in [1.165, 1.54) is 0 Å². The molecule has 1 atom stereocenters. The third kappa shape index (κ3) is 2.46. The number of aryl methyl sites for hydroxylation is 1. The van der Waals surface area contributed by atoms with Crippen LogP contribution in [0.4, 0.5) is 4.39 Å². The van der Waals surface area contributed by atoms with E-state index in [9.17, 15) is 9.18 Å². The highest BCUT2D eigenvalue weighted by molar-refractivity contribution is 5.56. The Bertz CT molecular complexity index is 292. The molecule has 2 heteroatoms. The average molecular weight is 167 g/mol. The number of carbonyl (C=O) groups is 1. The second kappa shape index (κ2) is 4.00. The van der Waals surface area contributed by atoms with Crippen molar-refractivity contribution in [2.45, 2.75) is 19.5 Å². The van der Waals surface area contributed by atoms with Crippen LogP contribution in [0.15, 0.2) is 24.3 Å². The van der Waals surface area contributed by atoms with Gasteiger partial charge in [-0.1, -0.05) is 29.8 Å². The van der Waals surface area contributed by atoms with Crippen LogP contribution in [0.5, 0.6) is 0 Å². The second-order valence-electron chi connectivity index (χ2n) is 2.73. The fraction of sp³-hybridized carbons (Fsp3) is 0.300. The summed E-state index contributed by atoms with van der Waals surface area (Å²) in [6.45, 7) is 1.92. The van der Waals surface area contributed by atoms with E-state index in [-0.39, 0.29) is 12.7 Å². The molecule has 0 N–H and O–H groups in total. The van der Waals surface area contributed by atoms with Crippen LogP contribution in [0.2, 0.25) is 0 Å². The summed E-state index contributed by atoms with van der Waals surface area (Å²) in [5, 5.41) is 0. The van der Waals surface area contributed by atoms with Gasteiger partial charge in [0.1, 0.15) is 0 Å². The standard InChI is InChI=1S/C10H11FO/c1-8-2-4-9(5-3-8)6-10(11)7-12/h2-5,7,10H,6H2,1H3/t10-/m1/s1/i10D. The van der Waals surface area contributed by atoms with Gasteiger partial charge in [0, 0.05) is 6.42 Å². The van der Waals surface area contributed by atoms with Crippen LogP contribution < -0.4 is 0 Å². The number of alkyl halides is 1. The van der Waals surface area contributed by atoms with Crippen molar-refractivity contribution < 1.29 is 10.6 Å². The topological polar surface area (TPSA) is 17.1 Å². The third-order valence-corrected chi connectivity index (χ3v) is 1.62. The summed E-state index contributed by atoms with van der Waals surface area (Å²) in [4.78, 5) is 10.1. The van der Waals surface area contributed by atoms with Crippen molar-refractivity contribution in [2.75, 3.05) is 0 Å². The van der Waals surface area contributed by atoms with Gasteiger partial charge in [-0.3, -0.25) is 0 Å². The Morgan fingerprint density at radius 1 is 1.58 bits per heavy atom. The number of halogens is 1. The lowest BCUT2D eigenvalue weighted by Gasteiger charge is -2.00. The fourth-order valence-corrected chi connectivity index (χ4v) is 0.943. The van der Waals surface area contributed by atoms with Crippen molar-refractivity contribution in [1.29, 1.82) is 0 Å². The van der Waals surface area contributed by atoms with Gasteiger partial charge >= 0.3 is 0 Å². The lowest BCUT2D eigenvalue weighted by molar-refractivity contribution is -0.111. The molecular weight excluding hydrogens is 155 g/mol. The van der Waals surface area contributed by atoms with Crippen LogP contribution in [0.25, 0.3) is 0 Å². The fourth-order valence-electron chi connectivity index (χ4n) is 0.943. The first-order valence-corrected chi connectivity index (χ1v) is 3.74. The minimum Gasteiger partial charge on any atom is -0.300 e. The maximum Gasteiger partial charge on any atom is 0.159 e. The van der Waals surface area contributed by atoms with Crippen molar-refractivity contribution in [1.82, 2.24) is 0 Å². The molecule has 0 aromatic heterocycles. The van der Waals surface area contributed by atoms with Gasteiger partial charge in [-0.15, -0.1) is 0 Å². The molecule has 0 saturated heterocycles. The maximum absolute atomic E-state index is 12.9. The smallest absolute Gasteiger partial charge is 0.159 e. The zero-order chi connectivity index (χ0) is 9.90. The number of hydrogen-bond acceptors (Lipinski definition) is 1. The first-order valence-electron chi connectivity index (χ1n) is 4.24. The molecule has 0 fully saturated rings. The van der Waals surface area contributed by atoms with Crippen molar-refractivity contribution >= 4 is 6.29 Å². The summed E-state index contributed by atoms with van der Waals surface area (Å²) in [6, 6.07) is 7.11. The van der Waals surface area contributed by atoms with Gasteiger partial charge in [0.25, 0.3) is 0 Å². The zero-order valence-electron chi connectivity index (χ0n) is 7.88. The number of aldehydes is 1. The average Bonchev–Trinajstić information content (AvgIpc) is 2.09. The van der Waals surface area contributed by atoms with Crippen molar-refractivity contribution in [3.05, 3.63) is 35.4 Å². The largest absolute Gasteiger partial charge is 0.300 e. The van der Waals surface area contributed by atoms with E-state index in [4.69, 9.17) is 1.37 Å². The van der Waals surface area contributed by atoms with Crippen LogP contribution in [0, 0.1) is 6.92 Å². The van der Waals surface area contributed by atoms with Gasteiger partial charge in [-0.25, -0.2) is 4.39 Å². The quantitative estimate of drug-likeness (QED) is 0.630. The SMILES string of the molecule is [2H][C@](F)(C=O)Cc1ccc(C)cc1. The number of rotatable bonds is 3. The van der Waals surface area contributed by atoms with E-state index in [1.807, 2.05) is 19.1 Å². The van der Waals surface area contributed by atoms with Gasteiger partial charge in [0.05, 0.1) is 1.37 Å². The van der Waals surface area contributed by atoms with E-state index >= 15 is 0 Å². The molecule has 0 spiro atoms. The van der Waals surface area contributed by atoms with Gasteiger partial charge in [0.2, 0.25) is 0 Å². The van der Waals surface area contributed by atoms with Crippen molar-refractivity contribution in [2.24, 2.45) is 0 Å². The number of carbonyl (C=O) groups excluding carboxylic acids is 1. The minimum atomic E-state index is -2.49. The summed E-state index contributed by atoms with van der Waals surface area (Å²) in [5.41, 5.74) is 1.74. The number of hydrogen-bond donors (Lipinski definition) is 0. The van der Waals surface area contributed by atoms with Crippen molar-refractivity contribution in [3.8, 4) is 0 Å². The molecule has 1 aromatic rings. The van der Waals surface area contributed by atoms with Crippen molar-refractivity contribution in [3.63, 3.8) is 0 Å². The molecule has 12 heavy (non-hydrogen) atoms. The summed E-state index contributed by atoms with van der Waals surface area (Å²) < 4.78 is 19.8. The molecule has 0 unspecified atom stereocenters. The summed E-state index contributed by atoms with van der Waals surface area (Å²) in [6.07, 6.45) is -2.65. The normalized spacial score (nSPS) is 16.3. The highest BCUT2D eigenvalue weighted by Gasteiger charge is 2.04. The Morgan fingerprint density at radius 3 is 2.67 bits per heavy atom. The molecule has 0 aliphatic carbocycles. The molecule has 0 radical (unpaired) electrons. The van der Waals surface area contributed by atoms with Gasteiger partial charge < -0.3 is 4.79 Å². The molecule has 1 rings (SSSR count). The molecule has 1 aromatic carbocycles. The zero-order valence-corrected chi connectivity index (χ0v) is 6.88. The van der Waals surface area contributed by atoms with Crippen LogP contribution in [-0.2, 0) is 11.2 Å². The maximum atomic E-state index is 12.9. The minimum absolute atomic E-state index is 0.0207. The Labute approximate surface area is 72.6 Å². The van der Waals surface area contributed by atoms with E-state index in [0.29, 0.717) is 5.56 Å². The highest BCUT2D eigenvalue weighted by Crippen LogP contribution is 2.06. The second-order valence-corrected chi connectivity index (χ2v) is 2.73. The molecule has 0 bridgehead atoms. The summed E-state index contributed by atoms with van der Waals surface area (Å²) in [5.74, 6) is 0. The Balaban J connectivity index is 2.75. The van der Waals surface area contributed by atoms with E-state index < -0.39 is 6.15 Å². The third-order valence-electron chi connectivity index (χ3n) is 1.62. The molecule has 0 saturated carbocycles. The molecule has 0 aliphatic rings. The van der Waals surface area contributed by atoms with E-state index in [1.54, 1.807) is 12.1 Å². The molecule has 64 valence electrons. The molecule has 0 aliphatic heterocycles. The molecular formula is C10H11FO. The van der Waals surface area contributed by atoms with Crippen LogP contribution >= 0.6 is 0 Å². The Morgan fingerprint density at radius 2 is 2.17 bits per heavy atom. The monoisotopic (exact) mass is 167 g/mol. The van der Waals surface area contributed by atoms with Gasteiger partial charge in [0.15, 0.2) is 12.4 Å².